The normalized spacial score (nSPS) is 17.3. The molecule has 0 aliphatic carbocycles. The Bertz CT molecular complexity index is 303. The largest absolute Gasteiger partial charge is 0.378 e. The molecule has 6 heteroatoms. The van der Waals surface area contributed by atoms with Crippen LogP contribution in [0.4, 0.5) is 0 Å². The fourth-order valence-electron chi connectivity index (χ4n) is 2.82. The van der Waals surface area contributed by atoms with Gasteiger partial charge in [-0.1, -0.05) is 6.92 Å². The van der Waals surface area contributed by atoms with E-state index in [-0.39, 0.29) is 5.54 Å². The second-order valence-electron chi connectivity index (χ2n) is 7.59. The van der Waals surface area contributed by atoms with Gasteiger partial charge < -0.3 is 19.5 Å². The summed E-state index contributed by atoms with van der Waals surface area (Å²) in [5.41, 5.74) is 0.287. The van der Waals surface area contributed by atoms with Gasteiger partial charge in [-0.15, -0.1) is 0 Å². The number of nitrogens with zero attached hydrogens (tertiary/aromatic N) is 2. The van der Waals surface area contributed by atoms with Crippen LogP contribution < -0.4 is 5.32 Å². The average Bonchev–Trinajstić information content (AvgIpc) is 2.58. The maximum absolute atomic E-state index is 5.67. The van der Waals surface area contributed by atoms with Crippen LogP contribution in [0.25, 0.3) is 0 Å². The molecule has 0 aromatic carbocycles. The molecule has 1 saturated heterocycles. The molecule has 1 heterocycles. The van der Waals surface area contributed by atoms with Crippen LogP contribution in [-0.4, -0.2) is 101 Å². The van der Waals surface area contributed by atoms with Gasteiger partial charge in [0.15, 0.2) is 0 Å². The van der Waals surface area contributed by atoms with Gasteiger partial charge in [-0.05, 0) is 33.7 Å². The minimum absolute atomic E-state index is 0.287. The fourth-order valence-corrected chi connectivity index (χ4v) is 2.82. The molecule has 0 spiro atoms. The SMILES string of the molecule is CCCNCCOCCOCCOCCN1CCN(C(C)(C)C)CC1. The number of hydrogen-bond donors (Lipinski definition) is 1. The molecule has 0 saturated carbocycles. The molecule has 1 N–H and O–H groups in total. The van der Waals surface area contributed by atoms with E-state index < -0.39 is 0 Å². The molecular formula is C19H41N3O3. The molecule has 6 nitrogen and oxygen atoms in total. The molecule has 0 aromatic rings. The fraction of sp³-hybridized carbons (Fsp3) is 1.00. The summed E-state index contributed by atoms with van der Waals surface area (Å²) in [4.78, 5) is 5.05. The molecule has 0 radical (unpaired) electrons. The summed E-state index contributed by atoms with van der Waals surface area (Å²) >= 11 is 0. The van der Waals surface area contributed by atoms with Gasteiger partial charge >= 0.3 is 0 Å². The van der Waals surface area contributed by atoms with Gasteiger partial charge in [0.05, 0.1) is 39.6 Å². The lowest BCUT2D eigenvalue weighted by Gasteiger charge is -2.42. The lowest BCUT2D eigenvalue weighted by Crippen LogP contribution is -2.53. The van der Waals surface area contributed by atoms with Gasteiger partial charge in [-0.25, -0.2) is 0 Å². The highest BCUT2D eigenvalue weighted by atomic mass is 16.5. The van der Waals surface area contributed by atoms with Gasteiger partial charge in [-0.2, -0.15) is 0 Å². The maximum Gasteiger partial charge on any atom is 0.0701 e. The highest BCUT2D eigenvalue weighted by Gasteiger charge is 2.25. The van der Waals surface area contributed by atoms with Crippen LogP contribution >= 0.6 is 0 Å². The molecule has 1 aliphatic rings. The van der Waals surface area contributed by atoms with E-state index in [0.29, 0.717) is 26.4 Å². The Labute approximate surface area is 155 Å². The van der Waals surface area contributed by atoms with Crippen molar-refractivity contribution in [3.8, 4) is 0 Å². The van der Waals surface area contributed by atoms with Crippen LogP contribution in [-0.2, 0) is 14.2 Å². The number of ether oxygens (including phenoxy) is 3. The summed E-state index contributed by atoms with van der Waals surface area (Å²) in [5, 5.41) is 3.30. The van der Waals surface area contributed by atoms with Crippen molar-refractivity contribution in [2.75, 3.05) is 85.5 Å². The van der Waals surface area contributed by atoms with Crippen molar-refractivity contribution in [3.05, 3.63) is 0 Å². The number of nitrogens with one attached hydrogen (secondary N) is 1. The molecule has 0 bridgehead atoms. The van der Waals surface area contributed by atoms with E-state index in [1.54, 1.807) is 0 Å². The van der Waals surface area contributed by atoms with Gasteiger partial charge in [0.25, 0.3) is 0 Å². The number of rotatable bonds is 14. The summed E-state index contributed by atoms with van der Waals surface area (Å²) < 4.78 is 16.7. The third-order valence-electron chi connectivity index (χ3n) is 4.47. The smallest absolute Gasteiger partial charge is 0.0701 e. The number of piperazine rings is 1. The molecule has 1 rings (SSSR count). The third kappa shape index (κ3) is 11.9. The maximum atomic E-state index is 5.67. The first kappa shape index (κ1) is 22.8. The van der Waals surface area contributed by atoms with Crippen molar-refractivity contribution in [1.82, 2.24) is 15.1 Å². The summed E-state index contributed by atoms with van der Waals surface area (Å²) in [7, 11) is 0. The van der Waals surface area contributed by atoms with Crippen molar-refractivity contribution in [1.29, 1.82) is 0 Å². The zero-order chi connectivity index (χ0) is 18.4. The van der Waals surface area contributed by atoms with E-state index in [1.807, 2.05) is 0 Å². The van der Waals surface area contributed by atoms with E-state index in [4.69, 9.17) is 14.2 Å². The van der Waals surface area contributed by atoms with Crippen LogP contribution in [0.1, 0.15) is 34.1 Å². The van der Waals surface area contributed by atoms with E-state index in [2.05, 4.69) is 42.8 Å². The summed E-state index contributed by atoms with van der Waals surface area (Å²) in [5.74, 6) is 0. The van der Waals surface area contributed by atoms with Crippen LogP contribution in [0.3, 0.4) is 0 Å². The monoisotopic (exact) mass is 359 g/mol. The van der Waals surface area contributed by atoms with Crippen molar-refractivity contribution >= 4 is 0 Å². The highest BCUT2D eigenvalue weighted by Crippen LogP contribution is 2.15. The van der Waals surface area contributed by atoms with Gasteiger partial charge in [0.2, 0.25) is 0 Å². The Balaban J connectivity index is 1.81. The highest BCUT2D eigenvalue weighted by molar-refractivity contribution is 4.81. The molecule has 0 atom stereocenters. The Morgan fingerprint density at radius 1 is 0.760 bits per heavy atom. The van der Waals surface area contributed by atoms with Crippen molar-refractivity contribution < 1.29 is 14.2 Å². The second-order valence-corrected chi connectivity index (χ2v) is 7.59. The zero-order valence-electron chi connectivity index (χ0n) is 17.0. The first-order valence-corrected chi connectivity index (χ1v) is 9.95. The summed E-state index contributed by atoms with van der Waals surface area (Å²) in [6, 6.07) is 0. The average molecular weight is 360 g/mol. The van der Waals surface area contributed by atoms with Crippen LogP contribution in [0.5, 0.6) is 0 Å². The Morgan fingerprint density at radius 3 is 1.88 bits per heavy atom. The predicted octanol–water partition coefficient (Wildman–Crippen LogP) is 1.45. The van der Waals surface area contributed by atoms with Crippen molar-refractivity contribution in [2.45, 2.75) is 39.7 Å². The predicted molar refractivity (Wildman–Crippen MR) is 103 cm³/mol. The minimum Gasteiger partial charge on any atom is -0.378 e. The van der Waals surface area contributed by atoms with Gasteiger partial charge in [0.1, 0.15) is 0 Å². The van der Waals surface area contributed by atoms with Crippen LogP contribution in [0, 0.1) is 0 Å². The Hall–Kier alpha value is -0.240. The molecule has 150 valence electrons. The third-order valence-corrected chi connectivity index (χ3v) is 4.47. The Kier molecular flexibility index (Phi) is 12.7. The Morgan fingerprint density at radius 2 is 1.32 bits per heavy atom. The van der Waals surface area contributed by atoms with Crippen LogP contribution in [0.2, 0.25) is 0 Å². The first-order valence-electron chi connectivity index (χ1n) is 9.95. The van der Waals surface area contributed by atoms with Crippen molar-refractivity contribution in [3.63, 3.8) is 0 Å². The summed E-state index contributed by atoms with van der Waals surface area (Å²) in [6.45, 7) is 20.8. The lowest BCUT2D eigenvalue weighted by molar-refractivity contribution is 0.00465. The van der Waals surface area contributed by atoms with Gasteiger partial charge in [-0.3, -0.25) is 9.80 Å². The minimum atomic E-state index is 0.287. The van der Waals surface area contributed by atoms with Gasteiger partial charge in [0, 0.05) is 44.8 Å². The molecule has 0 unspecified atom stereocenters. The lowest BCUT2D eigenvalue weighted by atomic mass is 10.1. The topological polar surface area (TPSA) is 46.2 Å². The molecule has 0 amide bonds. The van der Waals surface area contributed by atoms with E-state index in [9.17, 15) is 0 Å². The van der Waals surface area contributed by atoms with E-state index in [0.717, 1.165) is 65.4 Å². The zero-order valence-corrected chi connectivity index (χ0v) is 17.0. The molecular weight excluding hydrogens is 318 g/mol. The molecule has 0 aromatic heterocycles. The summed E-state index contributed by atoms with van der Waals surface area (Å²) in [6.07, 6.45) is 1.16. The molecule has 1 fully saturated rings. The second kappa shape index (κ2) is 13.9. The quantitative estimate of drug-likeness (QED) is 0.474. The van der Waals surface area contributed by atoms with Crippen LogP contribution in [0.15, 0.2) is 0 Å². The first-order chi connectivity index (χ1) is 12.0. The van der Waals surface area contributed by atoms with E-state index in [1.165, 1.54) is 0 Å². The standard InChI is InChI=1S/C19H41N3O3/c1-5-6-20-7-13-23-15-17-25-18-16-24-14-12-21-8-10-22(11-9-21)19(2,3)4/h20H,5-18H2,1-4H3. The molecule has 1 aliphatic heterocycles. The van der Waals surface area contributed by atoms with E-state index >= 15 is 0 Å². The number of hydrogen-bond acceptors (Lipinski definition) is 6. The molecule has 25 heavy (non-hydrogen) atoms. The van der Waals surface area contributed by atoms with Crippen molar-refractivity contribution in [2.24, 2.45) is 0 Å².